The Morgan fingerprint density at radius 2 is 2.20 bits per heavy atom. The van der Waals surface area contributed by atoms with Crippen LogP contribution in [0.3, 0.4) is 0 Å². The predicted octanol–water partition coefficient (Wildman–Crippen LogP) is 1.17. The molecule has 2 rings (SSSR count). The second-order valence-corrected chi connectivity index (χ2v) is 6.76. The van der Waals surface area contributed by atoms with E-state index in [1.807, 2.05) is 13.8 Å². The van der Waals surface area contributed by atoms with E-state index in [1.54, 1.807) is 0 Å². The molecule has 20 heavy (non-hydrogen) atoms. The Morgan fingerprint density at radius 3 is 2.75 bits per heavy atom. The fourth-order valence-corrected chi connectivity index (χ4v) is 2.70. The Labute approximate surface area is 122 Å². The third-order valence-electron chi connectivity index (χ3n) is 4.15. The van der Waals surface area contributed by atoms with Gasteiger partial charge in [-0.1, -0.05) is 0 Å². The highest BCUT2D eigenvalue weighted by Gasteiger charge is 2.44. The van der Waals surface area contributed by atoms with E-state index in [-0.39, 0.29) is 11.5 Å². The Kier molecular flexibility index (Phi) is 4.72. The minimum absolute atomic E-state index is 0.0444. The van der Waals surface area contributed by atoms with Crippen LogP contribution in [0.2, 0.25) is 0 Å². The molecular weight excluding hydrogens is 256 g/mol. The Bertz CT molecular complexity index is 355. The molecule has 5 heteroatoms. The molecule has 1 N–H and O–H groups in total. The first-order valence-corrected chi connectivity index (χ1v) is 7.65. The minimum Gasteiger partial charge on any atom is -0.465 e. The van der Waals surface area contributed by atoms with Crippen LogP contribution in [0.15, 0.2) is 0 Å². The van der Waals surface area contributed by atoms with Gasteiger partial charge in [-0.05, 0) is 40.5 Å². The molecule has 5 nitrogen and oxygen atoms in total. The number of hydrogen-bond acceptors (Lipinski definition) is 5. The van der Waals surface area contributed by atoms with Gasteiger partial charge in [-0.2, -0.15) is 0 Å². The highest BCUT2D eigenvalue weighted by atomic mass is 16.5. The summed E-state index contributed by atoms with van der Waals surface area (Å²) in [6.07, 6.45) is 2.31. The highest BCUT2D eigenvalue weighted by molar-refractivity contribution is 5.80. The van der Waals surface area contributed by atoms with Crippen molar-refractivity contribution in [2.24, 2.45) is 0 Å². The molecule has 1 heterocycles. The van der Waals surface area contributed by atoms with Crippen molar-refractivity contribution in [1.82, 2.24) is 10.2 Å². The third-order valence-corrected chi connectivity index (χ3v) is 4.15. The van der Waals surface area contributed by atoms with Crippen molar-refractivity contribution in [3.05, 3.63) is 0 Å². The van der Waals surface area contributed by atoms with Crippen LogP contribution in [0.25, 0.3) is 0 Å². The Hall–Kier alpha value is -0.650. The van der Waals surface area contributed by atoms with Crippen LogP contribution in [0.4, 0.5) is 0 Å². The van der Waals surface area contributed by atoms with Crippen molar-refractivity contribution < 1.29 is 14.3 Å². The topological polar surface area (TPSA) is 50.8 Å². The minimum atomic E-state index is -0.633. The molecule has 1 unspecified atom stereocenters. The molecule has 1 saturated carbocycles. The monoisotopic (exact) mass is 284 g/mol. The van der Waals surface area contributed by atoms with E-state index in [4.69, 9.17) is 9.47 Å². The molecule has 0 aromatic rings. The quantitative estimate of drug-likeness (QED) is 0.742. The van der Waals surface area contributed by atoms with Gasteiger partial charge in [-0.3, -0.25) is 15.0 Å². The molecule has 2 fully saturated rings. The van der Waals surface area contributed by atoms with Gasteiger partial charge >= 0.3 is 5.97 Å². The first kappa shape index (κ1) is 15.7. The Morgan fingerprint density at radius 1 is 1.50 bits per heavy atom. The number of esters is 1. The normalized spacial score (nSPS) is 26.0. The number of nitrogens with one attached hydrogen (secondary N) is 1. The molecule has 1 aliphatic heterocycles. The van der Waals surface area contributed by atoms with Crippen molar-refractivity contribution in [3.63, 3.8) is 0 Å². The van der Waals surface area contributed by atoms with Crippen LogP contribution in [-0.2, 0) is 14.3 Å². The van der Waals surface area contributed by atoms with Crippen LogP contribution >= 0.6 is 0 Å². The summed E-state index contributed by atoms with van der Waals surface area (Å²) in [7, 11) is 0. The van der Waals surface area contributed by atoms with E-state index in [0.717, 1.165) is 26.0 Å². The number of hydrogen-bond donors (Lipinski definition) is 1. The first-order chi connectivity index (χ1) is 9.37. The number of ether oxygens (including phenoxy) is 2. The maximum atomic E-state index is 12.4. The summed E-state index contributed by atoms with van der Waals surface area (Å²) >= 11 is 0. The molecule has 0 bridgehead atoms. The summed E-state index contributed by atoms with van der Waals surface area (Å²) < 4.78 is 10.8. The van der Waals surface area contributed by atoms with Crippen molar-refractivity contribution in [2.75, 3.05) is 32.9 Å². The first-order valence-electron chi connectivity index (χ1n) is 7.65. The fraction of sp³-hybridized carbons (Fsp3) is 0.933. The lowest BCUT2D eigenvalue weighted by Gasteiger charge is -2.45. The van der Waals surface area contributed by atoms with Gasteiger partial charge in [0.15, 0.2) is 0 Å². The van der Waals surface area contributed by atoms with Crippen molar-refractivity contribution in [3.8, 4) is 0 Å². The maximum absolute atomic E-state index is 12.4. The SMILES string of the molecule is CCOC(=O)C(C)(CN1CCOCC1(C)C)NC1CC1. The van der Waals surface area contributed by atoms with E-state index >= 15 is 0 Å². The fourth-order valence-electron chi connectivity index (χ4n) is 2.70. The van der Waals surface area contributed by atoms with Crippen molar-refractivity contribution in [1.29, 1.82) is 0 Å². The summed E-state index contributed by atoms with van der Waals surface area (Å²) in [5.41, 5.74) is -0.678. The van der Waals surface area contributed by atoms with Crippen molar-refractivity contribution >= 4 is 5.97 Å². The molecule has 0 amide bonds. The summed E-state index contributed by atoms with van der Waals surface area (Å²) in [6, 6.07) is 0.466. The second kappa shape index (κ2) is 6.00. The van der Waals surface area contributed by atoms with E-state index in [2.05, 4.69) is 24.1 Å². The molecular formula is C15H28N2O3. The van der Waals surface area contributed by atoms with Gasteiger partial charge in [0, 0.05) is 24.7 Å². The van der Waals surface area contributed by atoms with Crippen LogP contribution < -0.4 is 5.32 Å². The van der Waals surface area contributed by atoms with E-state index in [0.29, 0.717) is 25.8 Å². The lowest BCUT2D eigenvalue weighted by Crippen LogP contribution is -2.64. The summed E-state index contributed by atoms with van der Waals surface area (Å²) in [4.78, 5) is 14.7. The molecule has 0 radical (unpaired) electrons. The second-order valence-electron chi connectivity index (χ2n) is 6.76. The zero-order chi connectivity index (χ0) is 14.8. The van der Waals surface area contributed by atoms with Gasteiger partial charge in [0.1, 0.15) is 5.54 Å². The number of rotatable bonds is 6. The molecule has 0 aromatic heterocycles. The smallest absolute Gasteiger partial charge is 0.327 e. The van der Waals surface area contributed by atoms with E-state index in [9.17, 15) is 4.79 Å². The van der Waals surface area contributed by atoms with Crippen molar-refractivity contribution in [2.45, 2.75) is 57.7 Å². The number of carbonyl (C=O) groups excluding carboxylic acids is 1. The van der Waals surface area contributed by atoms with Crippen LogP contribution in [-0.4, -0.2) is 60.9 Å². The van der Waals surface area contributed by atoms with Gasteiger partial charge in [-0.25, -0.2) is 0 Å². The summed E-state index contributed by atoms with van der Waals surface area (Å²) in [6.45, 7) is 11.5. The summed E-state index contributed by atoms with van der Waals surface area (Å²) in [5, 5.41) is 3.48. The van der Waals surface area contributed by atoms with E-state index < -0.39 is 5.54 Å². The largest absolute Gasteiger partial charge is 0.465 e. The number of nitrogens with zero attached hydrogens (tertiary/aromatic N) is 1. The predicted molar refractivity (Wildman–Crippen MR) is 77.7 cm³/mol. The molecule has 1 atom stereocenters. The van der Waals surface area contributed by atoms with Crippen LogP contribution in [0, 0.1) is 0 Å². The Balaban J connectivity index is 2.07. The molecule has 1 aliphatic carbocycles. The van der Waals surface area contributed by atoms with Gasteiger partial charge in [0.2, 0.25) is 0 Å². The third kappa shape index (κ3) is 3.71. The molecule has 0 aromatic carbocycles. The molecule has 1 saturated heterocycles. The standard InChI is InChI=1S/C15H28N2O3/c1-5-20-13(18)15(4,16-12-6-7-12)10-17-8-9-19-11-14(17,2)3/h12,16H,5-11H2,1-4H3. The average molecular weight is 284 g/mol. The lowest BCUT2D eigenvalue weighted by atomic mass is 9.95. The maximum Gasteiger partial charge on any atom is 0.327 e. The zero-order valence-electron chi connectivity index (χ0n) is 13.2. The van der Waals surface area contributed by atoms with Crippen LogP contribution in [0.1, 0.15) is 40.5 Å². The molecule has 0 spiro atoms. The summed E-state index contributed by atoms with van der Waals surface area (Å²) in [5.74, 6) is -0.144. The molecule has 2 aliphatic rings. The van der Waals surface area contributed by atoms with Gasteiger partial charge < -0.3 is 9.47 Å². The van der Waals surface area contributed by atoms with Gasteiger partial charge in [0.05, 0.1) is 19.8 Å². The number of morpholine rings is 1. The van der Waals surface area contributed by atoms with E-state index in [1.165, 1.54) is 0 Å². The average Bonchev–Trinajstić information content (AvgIpc) is 3.16. The molecule has 116 valence electrons. The number of carbonyl (C=O) groups is 1. The van der Waals surface area contributed by atoms with Gasteiger partial charge in [0.25, 0.3) is 0 Å². The lowest BCUT2D eigenvalue weighted by molar-refractivity contribution is -0.153. The van der Waals surface area contributed by atoms with Crippen LogP contribution in [0.5, 0.6) is 0 Å². The zero-order valence-corrected chi connectivity index (χ0v) is 13.2. The van der Waals surface area contributed by atoms with Gasteiger partial charge in [-0.15, -0.1) is 0 Å². The highest BCUT2D eigenvalue weighted by Crippen LogP contribution is 2.27.